The molecule has 0 bridgehead atoms. The molecule has 166 valence electrons. The lowest BCUT2D eigenvalue weighted by atomic mass is 10.0. The monoisotopic (exact) mass is 464 g/mol. The van der Waals surface area contributed by atoms with E-state index in [4.69, 9.17) is 28.9 Å². The van der Waals surface area contributed by atoms with Gasteiger partial charge in [0.25, 0.3) is 5.91 Å². The van der Waals surface area contributed by atoms with Gasteiger partial charge in [-0.25, -0.2) is 9.78 Å². The van der Waals surface area contributed by atoms with Crippen molar-refractivity contribution in [2.24, 2.45) is 5.73 Å². The molecular weight excluding hydrogens is 439 g/mol. The molecule has 1 fully saturated rings. The van der Waals surface area contributed by atoms with Gasteiger partial charge in [-0.15, -0.1) is 0 Å². The maximum atomic E-state index is 12.7. The van der Waals surface area contributed by atoms with Crippen LogP contribution in [0.3, 0.4) is 0 Å². The predicted octanol–water partition coefficient (Wildman–Crippen LogP) is 3.35. The number of carbonyl (C=O) groups excluding carboxylic acids is 2. The average Bonchev–Trinajstić information content (AvgIpc) is 2.75. The zero-order valence-electron chi connectivity index (χ0n) is 17.7. The fourth-order valence-electron chi connectivity index (χ4n) is 3.60. The number of halogens is 2. The Balaban J connectivity index is 1.73. The minimum Gasteiger partial charge on any atom is -0.364 e. The van der Waals surface area contributed by atoms with E-state index in [0.29, 0.717) is 26.9 Å². The van der Waals surface area contributed by atoms with E-state index in [0.717, 1.165) is 25.9 Å². The van der Waals surface area contributed by atoms with Gasteiger partial charge in [0.1, 0.15) is 5.69 Å². The molecule has 31 heavy (non-hydrogen) atoms. The standard InChI is InChI=1S/C21H26Cl2N6O2/c1-12(27-21(31)29(3)13-6-8-28(2)9-7-13)14-4-5-15(19(23)18(14)22)16-10-26-17(11-25-16)20(24)30/h4-5,10-13H,6-9H2,1-3H3,(H2,24,30)(H,27,31). The zero-order valence-corrected chi connectivity index (χ0v) is 19.2. The van der Waals surface area contributed by atoms with Crippen molar-refractivity contribution in [2.75, 3.05) is 27.2 Å². The lowest BCUT2D eigenvalue weighted by molar-refractivity contribution is 0.0995. The van der Waals surface area contributed by atoms with Crippen molar-refractivity contribution in [1.29, 1.82) is 0 Å². The first-order valence-corrected chi connectivity index (χ1v) is 10.8. The molecule has 1 aliphatic rings. The first kappa shape index (κ1) is 23.2. The number of primary amides is 1. The fraction of sp³-hybridized carbons (Fsp3) is 0.429. The Hall–Kier alpha value is -2.42. The zero-order chi connectivity index (χ0) is 22.7. The molecule has 3 rings (SSSR count). The summed E-state index contributed by atoms with van der Waals surface area (Å²) in [6, 6.07) is 3.29. The molecule has 0 radical (unpaired) electrons. The maximum absolute atomic E-state index is 12.7. The highest BCUT2D eigenvalue weighted by Crippen LogP contribution is 2.37. The summed E-state index contributed by atoms with van der Waals surface area (Å²) < 4.78 is 0. The Kier molecular flexibility index (Phi) is 7.35. The number of nitrogens with zero attached hydrogens (tertiary/aromatic N) is 4. The van der Waals surface area contributed by atoms with E-state index >= 15 is 0 Å². The van der Waals surface area contributed by atoms with Crippen LogP contribution in [0, 0.1) is 0 Å². The topological polar surface area (TPSA) is 104 Å². The summed E-state index contributed by atoms with van der Waals surface area (Å²) in [4.78, 5) is 36.1. The Labute approximate surface area is 191 Å². The highest BCUT2D eigenvalue weighted by Gasteiger charge is 2.26. The van der Waals surface area contributed by atoms with E-state index in [1.165, 1.54) is 12.4 Å². The second-order valence-electron chi connectivity index (χ2n) is 7.80. The summed E-state index contributed by atoms with van der Waals surface area (Å²) in [7, 11) is 3.91. The van der Waals surface area contributed by atoms with Gasteiger partial charge >= 0.3 is 6.03 Å². The highest BCUT2D eigenvalue weighted by molar-refractivity contribution is 6.44. The SMILES string of the molecule is CC(NC(=O)N(C)C1CCN(C)CC1)c1ccc(-c2cnc(C(N)=O)cn2)c(Cl)c1Cl. The number of likely N-dealkylation sites (tertiary alicyclic amines) is 1. The minimum atomic E-state index is -0.659. The lowest BCUT2D eigenvalue weighted by Gasteiger charge is -2.35. The van der Waals surface area contributed by atoms with Gasteiger partial charge in [0.05, 0.1) is 34.2 Å². The van der Waals surface area contributed by atoms with Crippen molar-refractivity contribution in [3.8, 4) is 11.3 Å². The normalized spacial score (nSPS) is 16.0. The first-order chi connectivity index (χ1) is 14.7. The van der Waals surface area contributed by atoms with Gasteiger partial charge in [-0.3, -0.25) is 9.78 Å². The summed E-state index contributed by atoms with van der Waals surface area (Å²) in [5.41, 5.74) is 6.99. The number of hydrogen-bond acceptors (Lipinski definition) is 5. The number of benzene rings is 1. The minimum absolute atomic E-state index is 0.0626. The highest BCUT2D eigenvalue weighted by atomic mass is 35.5. The Morgan fingerprint density at radius 2 is 1.87 bits per heavy atom. The van der Waals surface area contributed by atoms with Crippen LogP contribution in [0.2, 0.25) is 10.0 Å². The number of carbonyl (C=O) groups is 2. The van der Waals surface area contributed by atoms with E-state index in [1.54, 1.807) is 17.0 Å². The number of rotatable bonds is 5. The molecule has 2 aromatic rings. The summed E-state index contributed by atoms with van der Waals surface area (Å²) in [6.45, 7) is 3.81. The van der Waals surface area contributed by atoms with E-state index in [2.05, 4.69) is 27.2 Å². The molecular formula is C21H26Cl2N6O2. The summed E-state index contributed by atoms with van der Waals surface area (Å²) >= 11 is 13.0. The number of amides is 3. The third-order valence-electron chi connectivity index (χ3n) is 5.66. The number of nitrogens with two attached hydrogens (primary N) is 1. The van der Waals surface area contributed by atoms with Gasteiger partial charge < -0.3 is 20.9 Å². The van der Waals surface area contributed by atoms with Crippen LogP contribution in [-0.2, 0) is 0 Å². The van der Waals surface area contributed by atoms with Crippen LogP contribution in [0.25, 0.3) is 11.3 Å². The fourth-order valence-corrected chi connectivity index (χ4v) is 4.20. The van der Waals surface area contributed by atoms with Gasteiger partial charge in [0.2, 0.25) is 0 Å². The second kappa shape index (κ2) is 9.80. The van der Waals surface area contributed by atoms with Crippen molar-refractivity contribution in [1.82, 2.24) is 25.1 Å². The molecule has 0 saturated carbocycles. The van der Waals surface area contributed by atoms with Crippen molar-refractivity contribution < 1.29 is 9.59 Å². The number of nitrogens with one attached hydrogen (secondary N) is 1. The Bertz CT molecular complexity index is 961. The lowest BCUT2D eigenvalue weighted by Crippen LogP contribution is -2.48. The molecule has 1 saturated heterocycles. The van der Waals surface area contributed by atoms with Gasteiger partial charge in [-0.1, -0.05) is 35.3 Å². The smallest absolute Gasteiger partial charge is 0.317 e. The summed E-state index contributed by atoms with van der Waals surface area (Å²) in [6.07, 6.45) is 4.61. The van der Waals surface area contributed by atoms with Gasteiger partial charge in [-0.05, 0) is 45.5 Å². The third-order valence-corrected chi connectivity index (χ3v) is 6.55. The summed E-state index contributed by atoms with van der Waals surface area (Å²) in [5.74, 6) is -0.659. The number of urea groups is 1. The molecule has 1 aromatic heterocycles. The number of aromatic nitrogens is 2. The molecule has 1 aliphatic heterocycles. The molecule has 0 aliphatic carbocycles. The largest absolute Gasteiger partial charge is 0.364 e. The molecule has 1 aromatic carbocycles. The average molecular weight is 465 g/mol. The third kappa shape index (κ3) is 5.26. The van der Waals surface area contributed by atoms with Crippen LogP contribution in [0.15, 0.2) is 24.5 Å². The van der Waals surface area contributed by atoms with Crippen LogP contribution in [0.1, 0.15) is 41.9 Å². The number of piperidine rings is 1. The van der Waals surface area contributed by atoms with Gasteiger partial charge in [0, 0.05) is 18.7 Å². The van der Waals surface area contributed by atoms with Crippen molar-refractivity contribution in [3.63, 3.8) is 0 Å². The van der Waals surface area contributed by atoms with Gasteiger partial charge in [0.15, 0.2) is 0 Å². The Morgan fingerprint density at radius 3 is 2.45 bits per heavy atom. The summed E-state index contributed by atoms with van der Waals surface area (Å²) in [5, 5.41) is 3.63. The number of hydrogen-bond donors (Lipinski definition) is 2. The van der Waals surface area contributed by atoms with Crippen molar-refractivity contribution in [2.45, 2.75) is 31.8 Å². The van der Waals surface area contributed by atoms with Crippen LogP contribution < -0.4 is 11.1 Å². The first-order valence-electron chi connectivity index (χ1n) is 10.0. The molecule has 3 N–H and O–H groups in total. The molecule has 0 spiro atoms. The second-order valence-corrected chi connectivity index (χ2v) is 8.55. The van der Waals surface area contributed by atoms with Crippen LogP contribution in [-0.4, -0.2) is 64.9 Å². The van der Waals surface area contributed by atoms with Crippen molar-refractivity contribution in [3.05, 3.63) is 45.8 Å². The van der Waals surface area contributed by atoms with Crippen LogP contribution in [0.5, 0.6) is 0 Å². The van der Waals surface area contributed by atoms with E-state index in [9.17, 15) is 9.59 Å². The van der Waals surface area contributed by atoms with E-state index < -0.39 is 5.91 Å². The van der Waals surface area contributed by atoms with Gasteiger partial charge in [-0.2, -0.15) is 0 Å². The molecule has 1 atom stereocenters. The molecule has 10 heteroatoms. The predicted molar refractivity (Wildman–Crippen MR) is 121 cm³/mol. The molecule has 3 amide bonds. The van der Waals surface area contributed by atoms with E-state index in [1.807, 2.05) is 14.0 Å². The molecule has 8 nitrogen and oxygen atoms in total. The van der Waals surface area contributed by atoms with Crippen LogP contribution >= 0.6 is 23.2 Å². The molecule has 1 unspecified atom stereocenters. The molecule has 2 heterocycles. The van der Waals surface area contributed by atoms with E-state index in [-0.39, 0.29) is 23.8 Å². The van der Waals surface area contributed by atoms with Crippen LogP contribution in [0.4, 0.5) is 4.79 Å². The maximum Gasteiger partial charge on any atom is 0.317 e. The Morgan fingerprint density at radius 1 is 1.19 bits per heavy atom. The van der Waals surface area contributed by atoms with Crippen molar-refractivity contribution >= 4 is 35.1 Å². The quantitative estimate of drug-likeness (QED) is 0.705.